The predicted molar refractivity (Wildman–Crippen MR) is 116 cm³/mol. The number of carbonyl (C=O) groups is 2. The lowest BCUT2D eigenvalue weighted by Gasteiger charge is -2.09. The molecule has 0 aliphatic heterocycles. The van der Waals surface area contributed by atoms with E-state index >= 15 is 0 Å². The van der Waals surface area contributed by atoms with Gasteiger partial charge in [-0.3, -0.25) is 19.4 Å². The van der Waals surface area contributed by atoms with Crippen molar-refractivity contribution in [3.8, 4) is 11.5 Å². The molecule has 0 atom stereocenters. The molecule has 0 saturated carbocycles. The predicted octanol–water partition coefficient (Wildman–Crippen LogP) is 3.08. The number of benzene rings is 2. The lowest BCUT2D eigenvalue weighted by Crippen LogP contribution is -2.35. The van der Waals surface area contributed by atoms with Gasteiger partial charge in [0.2, 0.25) is 11.3 Å². The average molecular weight is 414 g/mol. The van der Waals surface area contributed by atoms with Gasteiger partial charge >= 0.3 is 0 Å². The molecule has 0 aliphatic carbocycles. The number of para-hydroxylation sites is 1. The summed E-state index contributed by atoms with van der Waals surface area (Å²) in [5.74, 6) is 0.211. The maximum Gasteiger partial charge on any atom is 0.257 e. The lowest BCUT2D eigenvalue weighted by molar-refractivity contribution is -0.115. The highest BCUT2D eigenvalue weighted by molar-refractivity contribution is 6.00. The zero-order chi connectivity index (χ0) is 21.6. The number of H-pyrrole nitrogens is 1. The van der Waals surface area contributed by atoms with E-state index in [2.05, 4.69) is 20.6 Å². The molecule has 2 aromatic carbocycles. The number of carbonyl (C=O) groups excluding carboxylic acids is 2. The highest BCUT2D eigenvalue weighted by atomic mass is 16.5. The number of ether oxygens (including phenoxy) is 1. The lowest BCUT2D eigenvalue weighted by atomic mass is 10.1. The summed E-state index contributed by atoms with van der Waals surface area (Å²) in [6.07, 6.45) is 4.60. The molecule has 8 nitrogen and oxygen atoms in total. The molecule has 2 amide bonds. The van der Waals surface area contributed by atoms with Crippen molar-refractivity contribution in [3.63, 3.8) is 0 Å². The number of aromatic amines is 1. The van der Waals surface area contributed by atoms with Crippen LogP contribution in [0.5, 0.6) is 11.5 Å². The summed E-state index contributed by atoms with van der Waals surface area (Å²) < 4.78 is 5.67. The average Bonchev–Trinajstić information content (AvgIpc) is 2.80. The number of nitrogens with one attached hydrogen (secondary N) is 3. The van der Waals surface area contributed by atoms with E-state index in [4.69, 9.17) is 4.74 Å². The topological polar surface area (TPSA) is 113 Å². The number of hydrogen-bond acceptors (Lipinski definition) is 5. The zero-order valence-electron chi connectivity index (χ0n) is 16.3. The van der Waals surface area contributed by atoms with Crippen molar-refractivity contribution in [2.75, 3.05) is 11.9 Å². The number of hydrogen-bond donors (Lipinski definition) is 3. The molecule has 0 radical (unpaired) electrons. The van der Waals surface area contributed by atoms with Gasteiger partial charge in [-0.15, -0.1) is 0 Å². The van der Waals surface area contributed by atoms with Crippen LogP contribution in [-0.2, 0) is 4.79 Å². The monoisotopic (exact) mass is 414 g/mol. The van der Waals surface area contributed by atoms with Crippen LogP contribution in [0.3, 0.4) is 0 Å². The minimum atomic E-state index is -0.622. The summed E-state index contributed by atoms with van der Waals surface area (Å²) in [5.41, 5.74) is 0.740. The van der Waals surface area contributed by atoms with Gasteiger partial charge in [-0.05, 0) is 48.5 Å². The van der Waals surface area contributed by atoms with Gasteiger partial charge in [0, 0.05) is 35.2 Å². The van der Waals surface area contributed by atoms with Crippen LogP contribution in [0.15, 0.2) is 84.0 Å². The second-order valence-electron chi connectivity index (χ2n) is 6.62. The van der Waals surface area contributed by atoms with Crippen LogP contribution in [0.1, 0.15) is 10.4 Å². The molecule has 8 heteroatoms. The van der Waals surface area contributed by atoms with Crippen LogP contribution in [0.4, 0.5) is 5.69 Å². The molecule has 0 bridgehead atoms. The molecule has 0 spiro atoms. The fourth-order valence-electron chi connectivity index (χ4n) is 2.95. The summed E-state index contributed by atoms with van der Waals surface area (Å²) in [5, 5.41) is 5.56. The number of amides is 2. The quantitative estimate of drug-likeness (QED) is 0.449. The van der Waals surface area contributed by atoms with E-state index in [1.165, 1.54) is 6.20 Å². The Labute approximate surface area is 176 Å². The third-order valence-electron chi connectivity index (χ3n) is 4.47. The van der Waals surface area contributed by atoms with Gasteiger partial charge in [0.05, 0.1) is 6.54 Å². The van der Waals surface area contributed by atoms with Gasteiger partial charge in [0.25, 0.3) is 5.91 Å². The minimum Gasteiger partial charge on any atom is -0.457 e. The van der Waals surface area contributed by atoms with Gasteiger partial charge in [-0.1, -0.05) is 12.1 Å². The van der Waals surface area contributed by atoms with Crippen molar-refractivity contribution >= 4 is 28.4 Å². The highest BCUT2D eigenvalue weighted by Crippen LogP contribution is 2.22. The van der Waals surface area contributed by atoms with Crippen LogP contribution in [0, 0.1) is 0 Å². The minimum absolute atomic E-state index is 0.0517. The summed E-state index contributed by atoms with van der Waals surface area (Å²) >= 11 is 0. The Morgan fingerprint density at radius 1 is 0.935 bits per heavy atom. The summed E-state index contributed by atoms with van der Waals surface area (Å²) in [6.45, 7) is -0.277. The molecule has 154 valence electrons. The molecule has 0 unspecified atom stereocenters. The van der Waals surface area contributed by atoms with Crippen LogP contribution < -0.4 is 20.8 Å². The molecule has 0 aliphatic rings. The summed E-state index contributed by atoms with van der Waals surface area (Å²) in [4.78, 5) is 43.8. The van der Waals surface area contributed by atoms with Crippen molar-refractivity contribution in [2.24, 2.45) is 0 Å². The van der Waals surface area contributed by atoms with Crippen LogP contribution in [0.2, 0.25) is 0 Å². The largest absolute Gasteiger partial charge is 0.457 e. The van der Waals surface area contributed by atoms with Crippen LogP contribution in [-0.4, -0.2) is 28.3 Å². The maximum absolute atomic E-state index is 12.5. The van der Waals surface area contributed by atoms with E-state index in [1.807, 2.05) is 0 Å². The SMILES string of the molecule is O=C(CNC(=O)c1c[nH]c2ccccc2c1=O)Nc1ccc(Oc2ccncc2)cc1. The highest BCUT2D eigenvalue weighted by Gasteiger charge is 2.14. The Morgan fingerprint density at radius 3 is 2.42 bits per heavy atom. The first-order valence-corrected chi connectivity index (χ1v) is 9.46. The first kappa shape index (κ1) is 19.8. The summed E-state index contributed by atoms with van der Waals surface area (Å²) in [6, 6.07) is 17.2. The van der Waals surface area contributed by atoms with Gasteiger partial charge in [-0.25, -0.2) is 0 Å². The molecule has 0 saturated heterocycles. The van der Waals surface area contributed by atoms with E-state index in [0.29, 0.717) is 28.1 Å². The molecule has 4 aromatic rings. The van der Waals surface area contributed by atoms with Crippen molar-refractivity contribution < 1.29 is 14.3 Å². The van der Waals surface area contributed by atoms with E-state index in [-0.39, 0.29) is 12.1 Å². The Balaban J connectivity index is 1.33. The Bertz CT molecular complexity index is 1280. The number of nitrogens with zero attached hydrogens (tertiary/aromatic N) is 1. The second kappa shape index (κ2) is 8.91. The fourth-order valence-corrected chi connectivity index (χ4v) is 2.95. The first-order valence-electron chi connectivity index (χ1n) is 9.46. The van der Waals surface area contributed by atoms with Gasteiger partial charge in [-0.2, -0.15) is 0 Å². The number of rotatable bonds is 6. The van der Waals surface area contributed by atoms with Crippen molar-refractivity contribution in [2.45, 2.75) is 0 Å². The van der Waals surface area contributed by atoms with E-state index in [9.17, 15) is 14.4 Å². The second-order valence-corrected chi connectivity index (χ2v) is 6.62. The number of anilines is 1. The first-order chi connectivity index (χ1) is 15.1. The molecule has 31 heavy (non-hydrogen) atoms. The van der Waals surface area contributed by atoms with Gasteiger partial charge < -0.3 is 20.4 Å². The van der Waals surface area contributed by atoms with E-state index in [0.717, 1.165) is 0 Å². The van der Waals surface area contributed by atoms with E-state index in [1.54, 1.807) is 73.1 Å². The van der Waals surface area contributed by atoms with Gasteiger partial charge in [0.15, 0.2) is 0 Å². The standard InChI is InChI=1S/C23H18N4O4/c28-21(27-15-5-7-16(8-6-15)31-17-9-11-24-12-10-17)14-26-23(30)19-13-25-20-4-2-1-3-18(20)22(19)29/h1-13H,14H2,(H,25,29)(H,26,30)(H,27,28). The molecule has 2 heterocycles. The Morgan fingerprint density at radius 2 is 1.65 bits per heavy atom. The molecule has 0 fully saturated rings. The van der Waals surface area contributed by atoms with Crippen LogP contribution in [0.25, 0.3) is 10.9 Å². The normalized spacial score (nSPS) is 10.5. The fraction of sp³-hybridized carbons (Fsp3) is 0.0435. The van der Waals surface area contributed by atoms with Crippen LogP contribution >= 0.6 is 0 Å². The Kier molecular flexibility index (Phi) is 5.70. The Hall–Kier alpha value is -4.46. The number of fused-ring (bicyclic) bond motifs is 1. The maximum atomic E-state index is 12.5. The third-order valence-corrected chi connectivity index (χ3v) is 4.47. The van der Waals surface area contributed by atoms with Crippen molar-refractivity contribution in [1.82, 2.24) is 15.3 Å². The third kappa shape index (κ3) is 4.76. The smallest absolute Gasteiger partial charge is 0.257 e. The number of aromatic nitrogens is 2. The molecular formula is C23H18N4O4. The summed E-state index contributed by atoms with van der Waals surface area (Å²) in [7, 11) is 0. The van der Waals surface area contributed by atoms with Crippen molar-refractivity contribution in [3.05, 3.63) is 95.0 Å². The molecular weight excluding hydrogens is 396 g/mol. The van der Waals surface area contributed by atoms with Gasteiger partial charge in [0.1, 0.15) is 17.1 Å². The molecule has 4 rings (SSSR count). The van der Waals surface area contributed by atoms with Crippen molar-refractivity contribution in [1.29, 1.82) is 0 Å². The number of pyridine rings is 2. The molecule has 3 N–H and O–H groups in total. The molecule has 2 aromatic heterocycles. The zero-order valence-corrected chi connectivity index (χ0v) is 16.3. The van der Waals surface area contributed by atoms with E-state index < -0.39 is 17.2 Å².